The number of hydrogen-bond acceptors (Lipinski definition) is 4. The lowest BCUT2D eigenvalue weighted by Crippen LogP contribution is -2.56. The van der Waals surface area contributed by atoms with E-state index in [1.165, 1.54) is 6.42 Å². The number of methoxy groups -OCH3 is 1. The molecule has 0 aliphatic heterocycles. The van der Waals surface area contributed by atoms with Gasteiger partial charge in [0.2, 0.25) is 0 Å². The third-order valence-corrected chi connectivity index (χ3v) is 5.87. The fraction of sp³-hybridized carbons (Fsp3) is 1.00. The lowest BCUT2D eigenvalue weighted by Gasteiger charge is -2.47. The van der Waals surface area contributed by atoms with E-state index in [0.29, 0.717) is 5.75 Å². The van der Waals surface area contributed by atoms with Crippen molar-refractivity contribution >= 4 is 9.84 Å². The monoisotopic (exact) mass is 277 g/mol. The molecule has 0 radical (unpaired) electrons. The molecule has 0 amide bonds. The average molecular weight is 277 g/mol. The maximum atomic E-state index is 11.5. The highest BCUT2D eigenvalue weighted by atomic mass is 32.2. The number of rotatable bonds is 9. The van der Waals surface area contributed by atoms with Crippen LogP contribution >= 0.6 is 0 Å². The fourth-order valence-electron chi connectivity index (χ4n) is 2.67. The standard InChI is InChI=1S/C13H27NO3S/c1-4-14-12(13(17-3)9-7-10-13)8-6-11-18(15,16)5-2/h12,14H,4-11H2,1-3H3. The Morgan fingerprint density at radius 1 is 1.33 bits per heavy atom. The van der Waals surface area contributed by atoms with E-state index < -0.39 is 9.84 Å². The van der Waals surface area contributed by atoms with E-state index >= 15 is 0 Å². The summed E-state index contributed by atoms with van der Waals surface area (Å²) in [5.41, 5.74) is -0.0496. The first-order valence-corrected chi connectivity index (χ1v) is 8.80. The summed E-state index contributed by atoms with van der Waals surface area (Å²) in [7, 11) is -1.07. The summed E-state index contributed by atoms with van der Waals surface area (Å²) in [6.07, 6.45) is 4.98. The molecule has 18 heavy (non-hydrogen) atoms. The minimum atomic E-state index is -2.84. The van der Waals surface area contributed by atoms with Crippen molar-refractivity contribution in [3.63, 3.8) is 0 Å². The summed E-state index contributed by atoms with van der Waals surface area (Å²) >= 11 is 0. The second-order valence-corrected chi connectivity index (χ2v) is 7.58. The molecule has 1 aliphatic rings. The Balaban J connectivity index is 2.48. The predicted molar refractivity (Wildman–Crippen MR) is 74.6 cm³/mol. The number of hydrogen-bond donors (Lipinski definition) is 1. The molecular weight excluding hydrogens is 250 g/mol. The van der Waals surface area contributed by atoms with Crippen LogP contribution in [0.1, 0.15) is 46.0 Å². The largest absolute Gasteiger partial charge is 0.377 e. The lowest BCUT2D eigenvalue weighted by atomic mass is 9.73. The fourth-order valence-corrected chi connectivity index (χ4v) is 3.56. The van der Waals surface area contributed by atoms with Crippen molar-refractivity contribution in [3.8, 4) is 0 Å². The summed E-state index contributed by atoms with van der Waals surface area (Å²) in [5.74, 6) is 0.541. The van der Waals surface area contributed by atoms with Crippen molar-refractivity contribution in [1.29, 1.82) is 0 Å². The predicted octanol–water partition coefficient (Wildman–Crippen LogP) is 1.75. The van der Waals surface area contributed by atoms with E-state index in [1.54, 1.807) is 14.0 Å². The highest BCUT2D eigenvalue weighted by molar-refractivity contribution is 7.91. The van der Waals surface area contributed by atoms with Gasteiger partial charge in [0.25, 0.3) is 0 Å². The Kier molecular flexibility index (Phi) is 6.08. The summed E-state index contributed by atoms with van der Waals surface area (Å²) in [6, 6.07) is 0.285. The summed E-state index contributed by atoms with van der Waals surface area (Å²) < 4.78 is 28.7. The molecule has 1 unspecified atom stereocenters. The molecule has 0 bridgehead atoms. The van der Waals surface area contributed by atoms with E-state index in [2.05, 4.69) is 12.2 Å². The van der Waals surface area contributed by atoms with Crippen LogP contribution in [0.3, 0.4) is 0 Å². The van der Waals surface area contributed by atoms with Gasteiger partial charge in [0.1, 0.15) is 9.84 Å². The molecule has 0 aromatic heterocycles. The van der Waals surface area contributed by atoms with Crippen LogP contribution in [0.4, 0.5) is 0 Å². The van der Waals surface area contributed by atoms with Crippen molar-refractivity contribution in [3.05, 3.63) is 0 Å². The molecule has 4 nitrogen and oxygen atoms in total. The van der Waals surface area contributed by atoms with E-state index in [0.717, 1.165) is 32.2 Å². The summed E-state index contributed by atoms with van der Waals surface area (Å²) in [5, 5.41) is 3.46. The SMILES string of the molecule is CCNC(CCCS(=O)(=O)CC)C1(OC)CCC1. The van der Waals surface area contributed by atoms with Crippen molar-refractivity contribution in [2.75, 3.05) is 25.2 Å². The topological polar surface area (TPSA) is 55.4 Å². The Labute approximate surface area is 111 Å². The van der Waals surface area contributed by atoms with Gasteiger partial charge < -0.3 is 10.1 Å². The van der Waals surface area contributed by atoms with Gasteiger partial charge in [-0.3, -0.25) is 0 Å². The Morgan fingerprint density at radius 3 is 2.39 bits per heavy atom. The molecule has 1 N–H and O–H groups in total. The summed E-state index contributed by atoms with van der Waals surface area (Å²) in [4.78, 5) is 0. The number of nitrogens with one attached hydrogen (secondary N) is 1. The van der Waals surface area contributed by atoms with Crippen molar-refractivity contribution in [1.82, 2.24) is 5.32 Å². The van der Waals surface area contributed by atoms with Crippen LogP contribution in [0.25, 0.3) is 0 Å². The Bertz CT molecular complexity index is 331. The first kappa shape index (κ1) is 15.9. The number of ether oxygens (including phenoxy) is 1. The first-order chi connectivity index (χ1) is 8.49. The molecule has 1 atom stereocenters. The Morgan fingerprint density at radius 2 is 2.00 bits per heavy atom. The van der Waals surface area contributed by atoms with Gasteiger partial charge in [0.05, 0.1) is 11.4 Å². The highest BCUT2D eigenvalue weighted by Crippen LogP contribution is 2.39. The van der Waals surface area contributed by atoms with E-state index in [9.17, 15) is 8.42 Å². The average Bonchev–Trinajstić information content (AvgIpc) is 2.28. The third-order valence-electron chi connectivity index (χ3n) is 4.08. The molecular formula is C13H27NO3S. The highest BCUT2D eigenvalue weighted by Gasteiger charge is 2.43. The van der Waals surface area contributed by atoms with Crippen LogP contribution < -0.4 is 5.32 Å². The van der Waals surface area contributed by atoms with Crippen LogP contribution in [0.5, 0.6) is 0 Å². The van der Waals surface area contributed by atoms with E-state index in [-0.39, 0.29) is 17.4 Å². The van der Waals surface area contributed by atoms with Gasteiger partial charge in [-0.15, -0.1) is 0 Å². The molecule has 0 heterocycles. The van der Waals surface area contributed by atoms with Gasteiger partial charge in [0, 0.05) is 18.9 Å². The van der Waals surface area contributed by atoms with Gasteiger partial charge in [0.15, 0.2) is 0 Å². The molecule has 0 saturated heterocycles. The normalized spacial score (nSPS) is 20.4. The van der Waals surface area contributed by atoms with Crippen molar-refractivity contribution in [2.45, 2.75) is 57.6 Å². The smallest absolute Gasteiger partial charge is 0.150 e. The minimum absolute atomic E-state index is 0.0496. The summed E-state index contributed by atoms with van der Waals surface area (Å²) in [6.45, 7) is 4.69. The zero-order chi connectivity index (χ0) is 13.6. The molecule has 1 rings (SSSR count). The molecule has 5 heteroatoms. The van der Waals surface area contributed by atoms with Gasteiger partial charge in [-0.2, -0.15) is 0 Å². The zero-order valence-corrected chi connectivity index (χ0v) is 12.7. The zero-order valence-electron chi connectivity index (χ0n) is 11.9. The lowest BCUT2D eigenvalue weighted by molar-refractivity contribution is -0.0996. The van der Waals surface area contributed by atoms with Crippen LogP contribution in [0, 0.1) is 0 Å². The van der Waals surface area contributed by atoms with Gasteiger partial charge in [-0.25, -0.2) is 8.42 Å². The number of likely N-dealkylation sites (N-methyl/N-ethyl adjacent to an activating group) is 1. The quantitative estimate of drug-likeness (QED) is 0.697. The molecule has 1 fully saturated rings. The Hall–Kier alpha value is -0.130. The maximum absolute atomic E-state index is 11.5. The third kappa shape index (κ3) is 3.93. The molecule has 0 aromatic carbocycles. The van der Waals surface area contributed by atoms with Crippen molar-refractivity contribution in [2.24, 2.45) is 0 Å². The van der Waals surface area contributed by atoms with Crippen molar-refractivity contribution < 1.29 is 13.2 Å². The van der Waals surface area contributed by atoms with Crippen LogP contribution in [0.2, 0.25) is 0 Å². The van der Waals surface area contributed by atoms with Gasteiger partial charge >= 0.3 is 0 Å². The van der Waals surface area contributed by atoms with Crippen LogP contribution in [0.15, 0.2) is 0 Å². The molecule has 1 aliphatic carbocycles. The molecule has 0 aromatic rings. The van der Waals surface area contributed by atoms with Gasteiger partial charge in [-0.05, 0) is 38.6 Å². The van der Waals surface area contributed by atoms with Gasteiger partial charge in [-0.1, -0.05) is 13.8 Å². The van der Waals surface area contributed by atoms with Crippen LogP contribution in [-0.4, -0.2) is 45.2 Å². The second kappa shape index (κ2) is 6.87. The van der Waals surface area contributed by atoms with E-state index in [1.807, 2.05) is 0 Å². The molecule has 108 valence electrons. The van der Waals surface area contributed by atoms with Crippen LogP contribution in [-0.2, 0) is 14.6 Å². The molecule has 1 saturated carbocycles. The maximum Gasteiger partial charge on any atom is 0.150 e. The first-order valence-electron chi connectivity index (χ1n) is 6.98. The van der Waals surface area contributed by atoms with E-state index in [4.69, 9.17) is 4.74 Å². The number of sulfone groups is 1. The second-order valence-electron chi connectivity index (χ2n) is 5.11. The molecule has 0 spiro atoms. The minimum Gasteiger partial charge on any atom is -0.377 e.